The highest BCUT2D eigenvalue weighted by Crippen LogP contribution is 2.28. The van der Waals surface area contributed by atoms with Crippen LogP contribution in [0.3, 0.4) is 0 Å². The van der Waals surface area contributed by atoms with Crippen LogP contribution in [0, 0.1) is 6.92 Å². The van der Waals surface area contributed by atoms with Crippen molar-refractivity contribution in [2.24, 2.45) is 0 Å². The highest BCUT2D eigenvalue weighted by Gasteiger charge is 2.12. The summed E-state index contributed by atoms with van der Waals surface area (Å²) in [6.45, 7) is 3.32. The molecule has 0 saturated heterocycles. The molecule has 0 saturated carbocycles. The first-order chi connectivity index (χ1) is 13.4. The molecule has 3 rings (SSSR count). The average molecular weight is 487 g/mol. The van der Waals surface area contributed by atoms with Gasteiger partial charge in [0.1, 0.15) is 18.1 Å². The number of nitrogens with zero attached hydrogens (tertiary/aromatic N) is 2. The van der Waals surface area contributed by atoms with E-state index in [1.807, 2.05) is 17.8 Å². The molecule has 28 heavy (non-hydrogen) atoms. The minimum Gasteiger partial charge on any atom is -0.484 e. The largest absolute Gasteiger partial charge is 0.484 e. The first-order valence-electron chi connectivity index (χ1n) is 8.56. The van der Waals surface area contributed by atoms with E-state index in [-0.39, 0.29) is 18.3 Å². The van der Waals surface area contributed by atoms with Gasteiger partial charge >= 0.3 is 0 Å². The van der Waals surface area contributed by atoms with Crippen molar-refractivity contribution < 1.29 is 13.9 Å². The number of aromatic nitrogens is 2. The van der Waals surface area contributed by atoms with Crippen LogP contribution in [-0.2, 0) is 13.2 Å². The van der Waals surface area contributed by atoms with E-state index in [2.05, 4.69) is 26.3 Å². The summed E-state index contributed by atoms with van der Waals surface area (Å²) >= 11 is 15.3. The Morgan fingerprint density at radius 1 is 1.32 bits per heavy atom. The van der Waals surface area contributed by atoms with Gasteiger partial charge in [-0.05, 0) is 59.6 Å². The lowest BCUT2D eigenvalue weighted by atomic mass is 10.3. The van der Waals surface area contributed by atoms with E-state index in [1.54, 1.807) is 30.3 Å². The molecule has 0 atom stereocenters. The van der Waals surface area contributed by atoms with Gasteiger partial charge in [0.25, 0.3) is 5.91 Å². The molecule has 0 aliphatic rings. The summed E-state index contributed by atoms with van der Waals surface area (Å²) in [6, 6.07) is 8.28. The molecule has 0 spiro atoms. The number of halogens is 3. The Hall–Kier alpha value is -1.96. The van der Waals surface area contributed by atoms with Gasteiger partial charge in [0.05, 0.1) is 15.2 Å². The number of furan rings is 1. The molecule has 148 valence electrons. The lowest BCUT2D eigenvalue weighted by Crippen LogP contribution is -2.24. The molecule has 3 aromatic rings. The number of benzene rings is 1. The highest BCUT2D eigenvalue weighted by molar-refractivity contribution is 9.10. The summed E-state index contributed by atoms with van der Waals surface area (Å²) in [5, 5.41) is 8.13. The lowest BCUT2D eigenvalue weighted by molar-refractivity contribution is 0.0921. The van der Waals surface area contributed by atoms with E-state index >= 15 is 0 Å². The number of aryl methyl sites for hydroxylation is 2. The van der Waals surface area contributed by atoms with E-state index in [9.17, 15) is 4.79 Å². The molecule has 0 aliphatic carbocycles. The molecule has 2 heterocycles. The molecule has 0 radical (unpaired) electrons. The van der Waals surface area contributed by atoms with Gasteiger partial charge < -0.3 is 14.5 Å². The molecule has 9 heteroatoms. The Morgan fingerprint density at radius 2 is 2.14 bits per heavy atom. The number of carbonyl (C=O) groups excluding carboxylic acids is 1. The van der Waals surface area contributed by atoms with Gasteiger partial charge in [-0.15, -0.1) is 0 Å². The lowest BCUT2D eigenvalue weighted by Gasteiger charge is -2.06. The zero-order valence-corrected chi connectivity index (χ0v) is 18.1. The number of ether oxygens (including phenoxy) is 1. The van der Waals surface area contributed by atoms with E-state index < -0.39 is 0 Å². The van der Waals surface area contributed by atoms with E-state index in [1.165, 1.54) is 0 Å². The van der Waals surface area contributed by atoms with Crippen molar-refractivity contribution in [3.05, 3.63) is 68.3 Å². The number of hydrogen-bond donors (Lipinski definition) is 1. The van der Waals surface area contributed by atoms with Crippen LogP contribution in [0.25, 0.3) is 0 Å². The second kappa shape index (κ2) is 9.49. The summed E-state index contributed by atoms with van der Waals surface area (Å²) in [7, 11) is 0. The van der Waals surface area contributed by atoms with Crippen molar-refractivity contribution in [3.8, 4) is 5.75 Å². The summed E-state index contributed by atoms with van der Waals surface area (Å²) in [5.74, 6) is 0.981. The molecule has 6 nitrogen and oxygen atoms in total. The Labute approximate surface area is 180 Å². The maximum atomic E-state index is 12.2. The minimum absolute atomic E-state index is 0.155. The first kappa shape index (κ1) is 20.8. The highest BCUT2D eigenvalue weighted by atomic mass is 79.9. The van der Waals surface area contributed by atoms with Gasteiger partial charge in [-0.25, -0.2) is 0 Å². The van der Waals surface area contributed by atoms with Crippen molar-refractivity contribution >= 4 is 45.0 Å². The molecular formula is C19H18BrCl2N3O3. The van der Waals surface area contributed by atoms with Crippen molar-refractivity contribution in [1.82, 2.24) is 15.1 Å². The van der Waals surface area contributed by atoms with Crippen LogP contribution >= 0.6 is 39.1 Å². The fourth-order valence-corrected chi connectivity index (χ4v) is 3.24. The molecule has 1 N–H and O–H groups in total. The molecule has 0 unspecified atom stereocenters. The van der Waals surface area contributed by atoms with Crippen molar-refractivity contribution in [2.75, 3.05) is 6.54 Å². The third kappa shape index (κ3) is 5.53. The zero-order valence-electron chi connectivity index (χ0n) is 15.0. The second-order valence-electron chi connectivity index (χ2n) is 6.06. The fourth-order valence-electron chi connectivity index (χ4n) is 2.46. The van der Waals surface area contributed by atoms with Crippen LogP contribution in [0.5, 0.6) is 5.75 Å². The standard InChI is InChI=1S/C19H18BrCl2N3O3/c1-12-15(20)10-25(24-12)8-2-7-23-19(26)18-6-4-14(28-18)11-27-17-5-3-13(21)9-16(17)22/h3-6,9-10H,2,7-8,11H2,1H3,(H,23,26). The summed E-state index contributed by atoms with van der Waals surface area (Å²) in [6.07, 6.45) is 2.67. The predicted octanol–water partition coefficient (Wildman–Crippen LogP) is 5.25. The third-order valence-electron chi connectivity index (χ3n) is 3.89. The summed E-state index contributed by atoms with van der Waals surface area (Å²) in [5.41, 5.74) is 0.939. The number of carbonyl (C=O) groups is 1. The minimum atomic E-state index is -0.270. The Bertz CT molecular complexity index is 952. The third-order valence-corrected chi connectivity index (χ3v) is 5.19. The first-order valence-corrected chi connectivity index (χ1v) is 10.1. The average Bonchev–Trinajstić information content (AvgIpc) is 3.25. The Morgan fingerprint density at radius 3 is 2.86 bits per heavy atom. The van der Waals surface area contributed by atoms with Crippen LogP contribution in [0.1, 0.15) is 28.4 Å². The van der Waals surface area contributed by atoms with E-state index in [0.29, 0.717) is 34.6 Å². The Kier molecular flexibility index (Phi) is 7.04. The monoisotopic (exact) mass is 485 g/mol. The molecule has 0 fully saturated rings. The quantitative estimate of drug-likeness (QED) is 0.441. The van der Waals surface area contributed by atoms with Gasteiger partial charge in [-0.3, -0.25) is 9.48 Å². The van der Waals surface area contributed by atoms with Crippen LogP contribution in [0.4, 0.5) is 0 Å². The van der Waals surface area contributed by atoms with Gasteiger partial charge in [0.15, 0.2) is 5.76 Å². The predicted molar refractivity (Wildman–Crippen MR) is 111 cm³/mol. The van der Waals surface area contributed by atoms with Gasteiger partial charge in [-0.1, -0.05) is 23.2 Å². The zero-order chi connectivity index (χ0) is 20.1. The molecular weight excluding hydrogens is 469 g/mol. The topological polar surface area (TPSA) is 69.3 Å². The molecule has 0 aliphatic heterocycles. The maximum Gasteiger partial charge on any atom is 0.286 e. The van der Waals surface area contributed by atoms with Crippen molar-refractivity contribution in [2.45, 2.75) is 26.5 Å². The van der Waals surface area contributed by atoms with Gasteiger partial charge in [0, 0.05) is 24.3 Å². The van der Waals surface area contributed by atoms with Crippen LogP contribution in [0.15, 0.2) is 45.4 Å². The second-order valence-corrected chi connectivity index (χ2v) is 7.76. The summed E-state index contributed by atoms with van der Waals surface area (Å²) < 4.78 is 14.0. The number of nitrogens with one attached hydrogen (secondary N) is 1. The molecule has 2 aromatic heterocycles. The molecule has 1 amide bonds. The SMILES string of the molecule is Cc1nn(CCCNC(=O)c2ccc(COc3ccc(Cl)cc3Cl)o2)cc1Br. The normalized spacial score (nSPS) is 10.9. The summed E-state index contributed by atoms with van der Waals surface area (Å²) in [4.78, 5) is 12.2. The van der Waals surface area contributed by atoms with Gasteiger partial charge in [0.2, 0.25) is 0 Å². The van der Waals surface area contributed by atoms with Crippen molar-refractivity contribution in [1.29, 1.82) is 0 Å². The molecule has 0 bridgehead atoms. The number of amides is 1. The van der Waals surface area contributed by atoms with Crippen molar-refractivity contribution in [3.63, 3.8) is 0 Å². The number of hydrogen-bond acceptors (Lipinski definition) is 4. The number of rotatable bonds is 8. The van der Waals surface area contributed by atoms with Crippen LogP contribution in [0.2, 0.25) is 10.0 Å². The maximum absolute atomic E-state index is 12.2. The molecule has 1 aromatic carbocycles. The van der Waals surface area contributed by atoms with Crippen LogP contribution in [-0.4, -0.2) is 22.2 Å². The van der Waals surface area contributed by atoms with Crippen LogP contribution < -0.4 is 10.1 Å². The Balaban J connectivity index is 1.44. The fraction of sp³-hybridized carbons (Fsp3) is 0.263. The smallest absolute Gasteiger partial charge is 0.286 e. The van der Waals surface area contributed by atoms with E-state index in [0.717, 1.165) is 16.6 Å². The van der Waals surface area contributed by atoms with E-state index in [4.69, 9.17) is 32.4 Å². The van der Waals surface area contributed by atoms with Gasteiger partial charge in [-0.2, -0.15) is 5.10 Å².